The van der Waals surface area contributed by atoms with Gasteiger partial charge in [0, 0.05) is 18.6 Å². The maximum atomic E-state index is 14.3. The summed E-state index contributed by atoms with van der Waals surface area (Å²) in [7, 11) is 0. The largest absolute Gasteiger partial charge is 0.444 e. The number of rotatable bonds is 12. The van der Waals surface area contributed by atoms with Crippen LogP contribution in [-0.4, -0.2) is 38.1 Å². The molecule has 5 aromatic carbocycles. The second-order valence-corrected chi connectivity index (χ2v) is 14.2. The van der Waals surface area contributed by atoms with Gasteiger partial charge in [0.2, 0.25) is 0 Å². The van der Waals surface area contributed by atoms with Crippen molar-refractivity contribution in [3.63, 3.8) is 0 Å². The number of non-ortho nitro benzene ring substituents is 1. The molecule has 1 atom stereocenters. The molecule has 0 spiro atoms. The molecule has 6 rings (SSSR count). The first-order chi connectivity index (χ1) is 25.9. The predicted molar refractivity (Wildman–Crippen MR) is 207 cm³/mol. The number of nitrogens with one attached hydrogen (secondary N) is 2. The molecule has 0 saturated heterocycles. The summed E-state index contributed by atoms with van der Waals surface area (Å²) in [6.45, 7) is 9.20. The van der Waals surface area contributed by atoms with Crippen LogP contribution in [0, 0.1) is 24.0 Å². The average Bonchev–Trinajstić information content (AvgIpc) is 3.50. The summed E-state index contributed by atoms with van der Waals surface area (Å²) in [6, 6.07) is 37.9. The van der Waals surface area contributed by atoms with Gasteiger partial charge in [-0.2, -0.15) is 0 Å². The first-order valence-corrected chi connectivity index (χ1v) is 17.7. The Morgan fingerprint density at radius 3 is 1.89 bits per heavy atom. The fourth-order valence-corrected chi connectivity index (χ4v) is 6.47. The van der Waals surface area contributed by atoms with Gasteiger partial charge in [-0.15, -0.1) is 0 Å². The Labute approximate surface area is 314 Å². The van der Waals surface area contributed by atoms with Crippen LogP contribution in [0.2, 0.25) is 0 Å². The highest BCUT2D eigenvalue weighted by Crippen LogP contribution is 2.39. The molecule has 2 N–H and O–H groups in total. The topological polar surface area (TPSA) is 138 Å². The van der Waals surface area contributed by atoms with Crippen LogP contribution < -0.4 is 10.8 Å². The molecule has 276 valence electrons. The fraction of sp³-hybridized carbons (Fsp3) is 0.233. The number of hydrogen-bond acceptors (Lipinski definition) is 7. The number of hydroxylamine groups is 1. The number of aromatic nitrogens is 2. The number of benzene rings is 5. The lowest BCUT2D eigenvalue weighted by Crippen LogP contribution is -2.50. The minimum Gasteiger partial charge on any atom is -0.444 e. The molecule has 0 bridgehead atoms. The van der Waals surface area contributed by atoms with E-state index in [1.54, 1.807) is 32.9 Å². The van der Waals surface area contributed by atoms with Gasteiger partial charge in [0.15, 0.2) is 5.60 Å². The van der Waals surface area contributed by atoms with Crippen molar-refractivity contribution in [2.24, 2.45) is 0 Å². The van der Waals surface area contributed by atoms with E-state index in [1.807, 2.05) is 122 Å². The summed E-state index contributed by atoms with van der Waals surface area (Å²) >= 11 is 0. The fourth-order valence-electron chi connectivity index (χ4n) is 6.47. The van der Waals surface area contributed by atoms with Crippen LogP contribution in [0.4, 0.5) is 10.5 Å². The molecule has 1 aromatic heterocycles. The number of nitro benzene ring substituents is 1. The molecule has 6 aromatic rings. The van der Waals surface area contributed by atoms with E-state index in [-0.39, 0.29) is 18.5 Å². The summed E-state index contributed by atoms with van der Waals surface area (Å²) in [6.07, 6.45) is -0.494. The number of carbonyl (C=O) groups is 2. The van der Waals surface area contributed by atoms with Crippen LogP contribution in [0.15, 0.2) is 127 Å². The van der Waals surface area contributed by atoms with Crippen LogP contribution in [0.1, 0.15) is 60.8 Å². The standard InChI is InChI=1S/C43H43N5O6/c1-29-26-37-38(27-30(29)2)47(34-22-15-23-35(28-34)48(51)52)39(44-37)25-24-36(45-41(50)53-42(3,4)5)40(49)46-54-43(31-16-9-6-10-17-31,32-18-11-7-12-19-32)33-20-13-8-14-21-33/h6-23,26-28,36H,24-25H2,1-5H3,(H,45,50)(H,46,49)/t36-/m0/s1. The van der Waals surface area contributed by atoms with Crippen molar-refractivity contribution in [2.45, 2.75) is 64.7 Å². The maximum Gasteiger partial charge on any atom is 0.408 e. The molecule has 0 saturated carbocycles. The third kappa shape index (κ3) is 8.16. The van der Waals surface area contributed by atoms with Crippen molar-refractivity contribution in [1.82, 2.24) is 20.3 Å². The third-order valence-corrected chi connectivity index (χ3v) is 9.15. The summed E-state index contributed by atoms with van der Waals surface area (Å²) in [4.78, 5) is 50.4. The highest BCUT2D eigenvalue weighted by atomic mass is 16.7. The lowest BCUT2D eigenvalue weighted by atomic mass is 9.80. The van der Waals surface area contributed by atoms with E-state index in [2.05, 4.69) is 10.8 Å². The molecular weight excluding hydrogens is 683 g/mol. The number of alkyl carbamates (subject to hydrolysis) is 1. The molecule has 0 fully saturated rings. The van der Waals surface area contributed by atoms with Gasteiger partial charge in [-0.1, -0.05) is 97.1 Å². The molecule has 0 unspecified atom stereocenters. The Balaban J connectivity index is 1.38. The quantitative estimate of drug-likeness (QED) is 0.0734. The number of imidazole rings is 1. The van der Waals surface area contributed by atoms with E-state index in [4.69, 9.17) is 14.6 Å². The zero-order chi connectivity index (χ0) is 38.5. The Morgan fingerprint density at radius 1 is 0.796 bits per heavy atom. The average molecular weight is 726 g/mol. The number of carbonyl (C=O) groups excluding carboxylic acids is 2. The second-order valence-electron chi connectivity index (χ2n) is 14.2. The lowest BCUT2D eigenvalue weighted by molar-refractivity contribution is -0.384. The normalized spacial score (nSPS) is 12.2. The first kappa shape index (κ1) is 37.4. The van der Waals surface area contributed by atoms with Gasteiger partial charge in [0.25, 0.3) is 11.6 Å². The van der Waals surface area contributed by atoms with E-state index < -0.39 is 34.2 Å². The molecule has 0 aliphatic carbocycles. The number of amides is 2. The minimum absolute atomic E-state index is 0.0659. The number of ether oxygens (including phenoxy) is 1. The van der Waals surface area contributed by atoms with Crippen LogP contribution in [-0.2, 0) is 26.4 Å². The van der Waals surface area contributed by atoms with E-state index in [0.717, 1.165) is 33.3 Å². The molecule has 0 aliphatic heterocycles. The van der Waals surface area contributed by atoms with Crippen LogP contribution >= 0.6 is 0 Å². The van der Waals surface area contributed by atoms with Gasteiger partial charge in [0.1, 0.15) is 17.5 Å². The van der Waals surface area contributed by atoms with Gasteiger partial charge >= 0.3 is 6.09 Å². The Bertz CT molecular complexity index is 2170. The third-order valence-electron chi connectivity index (χ3n) is 9.15. The molecule has 54 heavy (non-hydrogen) atoms. The molecular formula is C43H43N5O6. The number of aryl methyl sites for hydroxylation is 3. The van der Waals surface area contributed by atoms with Crippen molar-refractivity contribution in [1.29, 1.82) is 0 Å². The highest BCUT2D eigenvalue weighted by Gasteiger charge is 2.40. The number of nitro groups is 1. The van der Waals surface area contributed by atoms with E-state index >= 15 is 0 Å². The van der Waals surface area contributed by atoms with E-state index in [0.29, 0.717) is 17.0 Å². The maximum absolute atomic E-state index is 14.3. The smallest absolute Gasteiger partial charge is 0.408 e. The molecule has 1 heterocycles. The zero-order valence-corrected chi connectivity index (χ0v) is 30.9. The zero-order valence-electron chi connectivity index (χ0n) is 30.9. The SMILES string of the molecule is Cc1cc2nc(CC[C@H](NC(=O)OC(C)(C)C)C(=O)NOC(c3ccccc3)(c3ccccc3)c3ccccc3)n(-c3cccc([N+](=O)[O-])c3)c2cc1C. The van der Waals surface area contributed by atoms with Crippen LogP contribution in [0.5, 0.6) is 0 Å². The van der Waals surface area contributed by atoms with Gasteiger partial charge in [-0.25, -0.2) is 15.3 Å². The second kappa shape index (κ2) is 15.7. The van der Waals surface area contributed by atoms with Gasteiger partial charge in [-0.3, -0.25) is 24.3 Å². The van der Waals surface area contributed by atoms with Crippen molar-refractivity contribution < 1.29 is 24.1 Å². The van der Waals surface area contributed by atoms with Crippen molar-refractivity contribution >= 4 is 28.7 Å². The monoisotopic (exact) mass is 725 g/mol. The predicted octanol–water partition coefficient (Wildman–Crippen LogP) is 8.42. The van der Waals surface area contributed by atoms with Gasteiger partial charge in [0.05, 0.1) is 21.6 Å². The molecule has 0 radical (unpaired) electrons. The number of nitrogens with zero attached hydrogens (tertiary/aromatic N) is 3. The summed E-state index contributed by atoms with van der Waals surface area (Å²) < 4.78 is 7.43. The van der Waals surface area contributed by atoms with E-state index in [9.17, 15) is 19.7 Å². The number of hydrogen-bond donors (Lipinski definition) is 2. The molecule has 11 nitrogen and oxygen atoms in total. The summed E-state index contributed by atoms with van der Waals surface area (Å²) in [5.74, 6) is -0.0647. The highest BCUT2D eigenvalue weighted by molar-refractivity contribution is 5.85. The Hall–Kier alpha value is -6.33. The van der Waals surface area contributed by atoms with Crippen LogP contribution in [0.3, 0.4) is 0 Å². The minimum atomic E-state index is -1.26. The lowest BCUT2D eigenvalue weighted by Gasteiger charge is -2.35. The van der Waals surface area contributed by atoms with Crippen molar-refractivity contribution in [2.75, 3.05) is 0 Å². The van der Waals surface area contributed by atoms with Gasteiger partial charge < -0.3 is 10.1 Å². The number of fused-ring (bicyclic) bond motifs is 1. The van der Waals surface area contributed by atoms with E-state index in [1.165, 1.54) is 12.1 Å². The molecule has 2 amide bonds. The van der Waals surface area contributed by atoms with Crippen molar-refractivity contribution in [3.8, 4) is 5.69 Å². The Morgan fingerprint density at radius 2 is 1.35 bits per heavy atom. The first-order valence-electron chi connectivity index (χ1n) is 17.7. The van der Waals surface area contributed by atoms with Gasteiger partial charge in [-0.05, 0) is 87.1 Å². The molecule has 11 heteroatoms. The van der Waals surface area contributed by atoms with Crippen LogP contribution in [0.25, 0.3) is 16.7 Å². The summed E-state index contributed by atoms with van der Waals surface area (Å²) in [5, 5.41) is 14.5. The summed E-state index contributed by atoms with van der Waals surface area (Å²) in [5.41, 5.74) is 6.96. The Kier molecular flexibility index (Phi) is 10.9. The van der Waals surface area contributed by atoms with Crippen molar-refractivity contribution in [3.05, 3.63) is 171 Å². The molecule has 0 aliphatic rings.